The molecule has 0 spiro atoms. The first-order valence-corrected chi connectivity index (χ1v) is 8.81. The molecule has 3 aromatic rings. The van der Waals surface area contributed by atoms with Crippen LogP contribution in [-0.4, -0.2) is 10.8 Å². The maximum absolute atomic E-state index is 12.6. The van der Waals surface area contributed by atoms with Gasteiger partial charge in [-0.3, -0.25) is 14.9 Å². The third-order valence-corrected chi connectivity index (χ3v) is 4.83. The van der Waals surface area contributed by atoms with Gasteiger partial charge in [-0.1, -0.05) is 53.7 Å². The molecule has 1 amide bonds. The molecule has 130 valence electrons. The third-order valence-electron chi connectivity index (χ3n) is 3.51. The highest BCUT2D eigenvalue weighted by molar-refractivity contribution is 7.99. The second kappa shape index (κ2) is 8.03. The van der Waals surface area contributed by atoms with Gasteiger partial charge in [0.1, 0.15) is 5.56 Å². The summed E-state index contributed by atoms with van der Waals surface area (Å²) < 4.78 is 0. The summed E-state index contributed by atoms with van der Waals surface area (Å²) in [6.07, 6.45) is 0. The van der Waals surface area contributed by atoms with Crippen molar-refractivity contribution in [2.45, 2.75) is 9.79 Å². The van der Waals surface area contributed by atoms with Gasteiger partial charge in [-0.05, 0) is 36.4 Å². The van der Waals surface area contributed by atoms with Crippen molar-refractivity contribution in [3.63, 3.8) is 0 Å². The summed E-state index contributed by atoms with van der Waals surface area (Å²) in [5.74, 6) is -0.561. The molecular weight excluding hydrogens is 372 g/mol. The van der Waals surface area contributed by atoms with E-state index in [1.165, 1.54) is 30.0 Å². The highest BCUT2D eigenvalue weighted by Gasteiger charge is 2.21. The van der Waals surface area contributed by atoms with E-state index in [0.717, 1.165) is 9.79 Å². The van der Waals surface area contributed by atoms with Crippen molar-refractivity contribution in [2.24, 2.45) is 0 Å². The van der Waals surface area contributed by atoms with Gasteiger partial charge in [-0.25, -0.2) is 0 Å². The van der Waals surface area contributed by atoms with Gasteiger partial charge in [-0.2, -0.15) is 0 Å². The fourth-order valence-corrected chi connectivity index (χ4v) is 3.40. The number of rotatable bonds is 5. The Labute approximate surface area is 159 Å². The van der Waals surface area contributed by atoms with Crippen LogP contribution in [0.15, 0.2) is 82.6 Å². The molecule has 5 nitrogen and oxygen atoms in total. The molecule has 0 aromatic heterocycles. The van der Waals surface area contributed by atoms with E-state index < -0.39 is 10.8 Å². The summed E-state index contributed by atoms with van der Waals surface area (Å²) in [5, 5.41) is 14.2. The summed E-state index contributed by atoms with van der Waals surface area (Å²) >= 11 is 7.30. The lowest BCUT2D eigenvalue weighted by Crippen LogP contribution is -2.14. The third kappa shape index (κ3) is 4.22. The lowest BCUT2D eigenvalue weighted by molar-refractivity contribution is -0.385. The molecule has 0 aliphatic heterocycles. The number of carbonyl (C=O) groups excluding carboxylic acids is 1. The molecule has 0 aliphatic rings. The lowest BCUT2D eigenvalue weighted by Gasteiger charge is -2.11. The topological polar surface area (TPSA) is 72.2 Å². The minimum Gasteiger partial charge on any atom is -0.321 e. The number of para-hydroxylation sites is 1. The van der Waals surface area contributed by atoms with Gasteiger partial charge in [-0.15, -0.1) is 0 Å². The maximum Gasteiger partial charge on any atom is 0.283 e. The van der Waals surface area contributed by atoms with Crippen LogP contribution in [0.5, 0.6) is 0 Å². The minimum atomic E-state index is -0.620. The predicted molar refractivity (Wildman–Crippen MR) is 103 cm³/mol. The normalized spacial score (nSPS) is 10.3. The van der Waals surface area contributed by atoms with Crippen LogP contribution in [-0.2, 0) is 0 Å². The van der Waals surface area contributed by atoms with Crippen molar-refractivity contribution in [1.82, 2.24) is 0 Å². The molecule has 0 bridgehead atoms. The van der Waals surface area contributed by atoms with Crippen molar-refractivity contribution in [1.29, 1.82) is 0 Å². The fraction of sp³-hybridized carbons (Fsp3) is 0. The van der Waals surface area contributed by atoms with Crippen LogP contribution in [0.1, 0.15) is 10.4 Å². The Balaban J connectivity index is 1.88. The molecule has 7 heteroatoms. The smallest absolute Gasteiger partial charge is 0.283 e. The largest absolute Gasteiger partial charge is 0.321 e. The van der Waals surface area contributed by atoms with E-state index >= 15 is 0 Å². The second-order valence-electron chi connectivity index (χ2n) is 5.28. The zero-order chi connectivity index (χ0) is 18.5. The van der Waals surface area contributed by atoms with Crippen LogP contribution in [0, 0.1) is 10.1 Å². The number of nitro groups is 1. The van der Waals surface area contributed by atoms with Crippen molar-refractivity contribution in [3.8, 4) is 0 Å². The summed E-state index contributed by atoms with van der Waals surface area (Å²) in [7, 11) is 0. The number of carbonyl (C=O) groups is 1. The van der Waals surface area contributed by atoms with Crippen LogP contribution in [0.2, 0.25) is 5.02 Å². The summed E-state index contributed by atoms with van der Waals surface area (Å²) in [5.41, 5.74) is 0.206. The van der Waals surface area contributed by atoms with Crippen molar-refractivity contribution in [3.05, 3.63) is 93.5 Å². The van der Waals surface area contributed by atoms with Gasteiger partial charge < -0.3 is 5.32 Å². The molecule has 0 radical (unpaired) electrons. The lowest BCUT2D eigenvalue weighted by atomic mass is 10.1. The maximum atomic E-state index is 12.6. The first kappa shape index (κ1) is 18.0. The van der Waals surface area contributed by atoms with E-state index in [-0.39, 0.29) is 16.3 Å². The van der Waals surface area contributed by atoms with Gasteiger partial charge in [0.2, 0.25) is 0 Å². The Morgan fingerprint density at radius 3 is 2.42 bits per heavy atom. The highest BCUT2D eigenvalue weighted by Crippen LogP contribution is 2.34. The molecule has 26 heavy (non-hydrogen) atoms. The van der Waals surface area contributed by atoms with E-state index in [1.54, 1.807) is 12.1 Å². The zero-order valence-electron chi connectivity index (χ0n) is 13.4. The zero-order valence-corrected chi connectivity index (χ0v) is 15.0. The van der Waals surface area contributed by atoms with Gasteiger partial charge in [0, 0.05) is 20.9 Å². The predicted octanol–water partition coefficient (Wildman–Crippen LogP) is 5.65. The van der Waals surface area contributed by atoms with E-state index in [0.29, 0.717) is 5.69 Å². The van der Waals surface area contributed by atoms with Crippen LogP contribution < -0.4 is 5.32 Å². The number of nitrogens with zero attached hydrogens (tertiary/aromatic N) is 1. The highest BCUT2D eigenvalue weighted by atomic mass is 35.5. The molecular formula is C19H13ClN2O3S. The number of hydrogen-bond donors (Lipinski definition) is 1. The summed E-state index contributed by atoms with van der Waals surface area (Å²) in [4.78, 5) is 25.0. The van der Waals surface area contributed by atoms with E-state index in [9.17, 15) is 14.9 Å². The molecule has 3 aromatic carbocycles. The van der Waals surface area contributed by atoms with E-state index in [1.807, 2.05) is 42.5 Å². The van der Waals surface area contributed by atoms with Gasteiger partial charge >= 0.3 is 0 Å². The number of hydrogen-bond acceptors (Lipinski definition) is 4. The molecule has 3 rings (SSSR count). The molecule has 0 fully saturated rings. The van der Waals surface area contributed by atoms with Crippen molar-refractivity contribution in [2.75, 3.05) is 5.32 Å². The standard InChI is InChI=1S/C19H13ClN2O3S/c20-13-10-11-15(17(12-13)22(24)25)19(23)21-16-8-4-5-9-18(16)26-14-6-2-1-3-7-14/h1-12H,(H,21,23). The van der Waals surface area contributed by atoms with E-state index in [2.05, 4.69) is 5.32 Å². The first-order valence-electron chi connectivity index (χ1n) is 7.62. The summed E-state index contributed by atoms with van der Waals surface area (Å²) in [6, 6.07) is 21.0. The molecule has 0 unspecified atom stereocenters. The van der Waals surface area contributed by atoms with E-state index in [4.69, 9.17) is 11.6 Å². The number of nitrogens with one attached hydrogen (secondary N) is 1. The SMILES string of the molecule is O=C(Nc1ccccc1Sc1ccccc1)c1ccc(Cl)cc1[N+](=O)[O-]. The van der Waals surface area contributed by atoms with Crippen LogP contribution in [0.25, 0.3) is 0 Å². The average molecular weight is 385 g/mol. The monoisotopic (exact) mass is 384 g/mol. The Hall–Kier alpha value is -2.83. The van der Waals surface area contributed by atoms with Crippen LogP contribution >= 0.6 is 23.4 Å². The average Bonchev–Trinajstić information content (AvgIpc) is 2.64. The van der Waals surface area contributed by atoms with Crippen LogP contribution in [0.3, 0.4) is 0 Å². The van der Waals surface area contributed by atoms with Crippen molar-refractivity contribution >= 4 is 40.6 Å². The second-order valence-corrected chi connectivity index (χ2v) is 6.84. The van der Waals surface area contributed by atoms with Crippen LogP contribution in [0.4, 0.5) is 11.4 Å². The fourth-order valence-electron chi connectivity index (χ4n) is 2.31. The summed E-state index contributed by atoms with van der Waals surface area (Å²) in [6.45, 7) is 0. The number of amides is 1. The van der Waals surface area contributed by atoms with Gasteiger partial charge in [0.15, 0.2) is 0 Å². The van der Waals surface area contributed by atoms with Gasteiger partial charge in [0.25, 0.3) is 11.6 Å². The molecule has 1 N–H and O–H groups in total. The Kier molecular flexibility index (Phi) is 5.55. The first-order chi connectivity index (χ1) is 12.5. The number of nitro benzene ring substituents is 1. The number of halogens is 1. The van der Waals surface area contributed by atoms with Crippen molar-refractivity contribution < 1.29 is 9.72 Å². The Morgan fingerprint density at radius 1 is 1.00 bits per heavy atom. The molecule has 0 atom stereocenters. The quantitative estimate of drug-likeness (QED) is 0.455. The Morgan fingerprint density at radius 2 is 1.69 bits per heavy atom. The number of benzene rings is 3. The molecule has 0 saturated carbocycles. The molecule has 0 saturated heterocycles. The minimum absolute atomic E-state index is 0.0427. The Bertz CT molecular complexity index is 964. The molecule has 0 heterocycles. The van der Waals surface area contributed by atoms with Gasteiger partial charge in [0.05, 0.1) is 10.6 Å². The molecule has 0 aliphatic carbocycles. The number of anilines is 1.